The van der Waals surface area contributed by atoms with Crippen molar-refractivity contribution in [3.05, 3.63) is 0 Å². The third-order valence-electron chi connectivity index (χ3n) is 2.63. The van der Waals surface area contributed by atoms with Crippen molar-refractivity contribution in [1.82, 2.24) is 5.32 Å². The molecule has 0 spiro atoms. The van der Waals surface area contributed by atoms with E-state index >= 15 is 0 Å². The van der Waals surface area contributed by atoms with Crippen LogP contribution in [0.25, 0.3) is 0 Å². The first kappa shape index (κ1) is 5.69. The van der Waals surface area contributed by atoms with Crippen LogP contribution >= 0.6 is 0 Å². The average Bonchev–Trinajstić information content (AvgIpc) is 2.22. The van der Waals surface area contributed by atoms with Gasteiger partial charge in [-0.25, -0.2) is 0 Å². The second kappa shape index (κ2) is 1.96. The van der Waals surface area contributed by atoms with E-state index < -0.39 is 0 Å². The van der Waals surface area contributed by atoms with Gasteiger partial charge in [0.1, 0.15) is 0 Å². The Labute approximate surface area is 55.3 Å². The molecule has 2 rings (SSSR count). The fourth-order valence-corrected chi connectivity index (χ4v) is 2.13. The molecule has 1 saturated carbocycles. The number of fused-ring (bicyclic) bond motifs is 1. The highest BCUT2D eigenvalue weighted by atomic mass is 16.3. The van der Waals surface area contributed by atoms with Gasteiger partial charge in [-0.05, 0) is 37.8 Å². The lowest BCUT2D eigenvalue weighted by Crippen LogP contribution is -2.13. The van der Waals surface area contributed by atoms with E-state index in [1.54, 1.807) is 0 Å². The van der Waals surface area contributed by atoms with Gasteiger partial charge < -0.3 is 10.4 Å². The predicted molar refractivity (Wildman–Crippen MR) is 35.1 cm³/mol. The molecule has 9 heavy (non-hydrogen) atoms. The molecule has 3 atom stereocenters. The number of hydrogen-bond acceptors (Lipinski definition) is 2. The highest BCUT2D eigenvalue weighted by Crippen LogP contribution is 2.33. The summed E-state index contributed by atoms with van der Waals surface area (Å²) >= 11 is 0. The molecule has 2 aliphatic rings. The minimum absolute atomic E-state index is 0.0158. The van der Waals surface area contributed by atoms with Crippen LogP contribution in [0.2, 0.25) is 0 Å². The molecular weight excluding hydrogens is 114 g/mol. The number of rotatable bonds is 0. The largest absolute Gasteiger partial charge is 0.393 e. The van der Waals surface area contributed by atoms with E-state index in [0.29, 0.717) is 0 Å². The monoisotopic (exact) mass is 127 g/mol. The zero-order chi connectivity index (χ0) is 6.27. The van der Waals surface area contributed by atoms with Gasteiger partial charge in [0.05, 0.1) is 6.10 Å². The first-order valence-electron chi connectivity index (χ1n) is 3.75. The topological polar surface area (TPSA) is 32.3 Å². The first-order valence-corrected chi connectivity index (χ1v) is 3.75. The molecule has 0 aromatic heterocycles. The Balaban J connectivity index is 2.02. The molecule has 0 radical (unpaired) electrons. The molecule has 0 amide bonds. The minimum atomic E-state index is 0.0158. The third kappa shape index (κ3) is 0.864. The van der Waals surface area contributed by atoms with Crippen LogP contribution in [-0.4, -0.2) is 24.3 Å². The number of aliphatic hydroxyl groups excluding tert-OH is 1. The zero-order valence-corrected chi connectivity index (χ0v) is 5.51. The van der Waals surface area contributed by atoms with Crippen molar-refractivity contribution in [2.45, 2.75) is 18.9 Å². The minimum Gasteiger partial charge on any atom is -0.393 e. The van der Waals surface area contributed by atoms with Crippen LogP contribution in [0.3, 0.4) is 0 Å². The summed E-state index contributed by atoms with van der Waals surface area (Å²) in [6.07, 6.45) is 2.09. The molecule has 0 bridgehead atoms. The van der Waals surface area contributed by atoms with Gasteiger partial charge in [-0.1, -0.05) is 0 Å². The first-order chi connectivity index (χ1) is 4.36. The fourth-order valence-electron chi connectivity index (χ4n) is 2.13. The number of aliphatic hydroxyl groups is 1. The van der Waals surface area contributed by atoms with Gasteiger partial charge in [0.25, 0.3) is 0 Å². The smallest absolute Gasteiger partial charge is 0.0546 e. The Morgan fingerprint density at radius 1 is 1.11 bits per heavy atom. The summed E-state index contributed by atoms with van der Waals surface area (Å²) in [5.74, 6) is 1.58. The Morgan fingerprint density at radius 3 is 2.22 bits per heavy atom. The SMILES string of the molecule is OC1CC2CNC[C@@H]2C1. The van der Waals surface area contributed by atoms with Crippen LogP contribution in [0.4, 0.5) is 0 Å². The van der Waals surface area contributed by atoms with Crippen LogP contribution in [-0.2, 0) is 0 Å². The maximum Gasteiger partial charge on any atom is 0.0546 e. The van der Waals surface area contributed by atoms with Crippen LogP contribution in [0.1, 0.15) is 12.8 Å². The van der Waals surface area contributed by atoms with Gasteiger partial charge in [-0.3, -0.25) is 0 Å². The van der Waals surface area contributed by atoms with E-state index in [2.05, 4.69) is 5.32 Å². The van der Waals surface area contributed by atoms with E-state index in [-0.39, 0.29) is 6.10 Å². The van der Waals surface area contributed by atoms with Crippen LogP contribution in [0.5, 0.6) is 0 Å². The van der Waals surface area contributed by atoms with Crippen molar-refractivity contribution in [2.24, 2.45) is 11.8 Å². The second-order valence-electron chi connectivity index (χ2n) is 3.30. The van der Waals surface area contributed by atoms with E-state index in [1.165, 1.54) is 0 Å². The van der Waals surface area contributed by atoms with Gasteiger partial charge in [0, 0.05) is 0 Å². The second-order valence-corrected chi connectivity index (χ2v) is 3.30. The molecular formula is C7H13NO. The summed E-state index contributed by atoms with van der Waals surface area (Å²) in [5.41, 5.74) is 0. The molecule has 2 nitrogen and oxygen atoms in total. The van der Waals surface area contributed by atoms with Crippen LogP contribution in [0, 0.1) is 11.8 Å². The summed E-state index contributed by atoms with van der Waals surface area (Å²) in [6.45, 7) is 2.28. The van der Waals surface area contributed by atoms with E-state index in [1.807, 2.05) is 0 Å². The maximum atomic E-state index is 9.21. The summed E-state index contributed by atoms with van der Waals surface area (Å²) in [6, 6.07) is 0. The van der Waals surface area contributed by atoms with Crippen LogP contribution in [0.15, 0.2) is 0 Å². The standard InChI is InChI=1S/C7H13NO/c9-7-1-5-3-8-4-6(5)2-7/h5-9H,1-4H2/t5-,6?,7?/m0/s1. The molecule has 1 aliphatic carbocycles. The van der Waals surface area contributed by atoms with Crippen LogP contribution < -0.4 is 5.32 Å². The molecule has 52 valence electrons. The zero-order valence-electron chi connectivity index (χ0n) is 5.51. The molecule has 2 heteroatoms. The summed E-state index contributed by atoms with van der Waals surface area (Å²) in [5, 5.41) is 12.5. The lowest BCUT2D eigenvalue weighted by Gasteiger charge is -2.02. The lowest BCUT2D eigenvalue weighted by molar-refractivity contribution is 0.173. The molecule has 2 unspecified atom stereocenters. The average molecular weight is 127 g/mol. The molecule has 2 N–H and O–H groups in total. The molecule has 1 saturated heterocycles. The third-order valence-corrected chi connectivity index (χ3v) is 2.63. The van der Waals surface area contributed by atoms with Gasteiger partial charge in [-0.15, -0.1) is 0 Å². The predicted octanol–water partition coefficient (Wildman–Crippen LogP) is -0.0233. The van der Waals surface area contributed by atoms with Gasteiger partial charge in [-0.2, -0.15) is 0 Å². The molecule has 1 heterocycles. The van der Waals surface area contributed by atoms with Gasteiger partial charge in [0.15, 0.2) is 0 Å². The number of hydrogen-bond donors (Lipinski definition) is 2. The maximum absolute atomic E-state index is 9.21. The van der Waals surface area contributed by atoms with Crippen molar-refractivity contribution in [1.29, 1.82) is 0 Å². The quantitative estimate of drug-likeness (QED) is 0.479. The van der Waals surface area contributed by atoms with Crippen molar-refractivity contribution < 1.29 is 5.11 Å². The van der Waals surface area contributed by atoms with Crippen molar-refractivity contribution in [2.75, 3.05) is 13.1 Å². The summed E-state index contributed by atoms with van der Waals surface area (Å²) < 4.78 is 0. The highest BCUT2D eigenvalue weighted by Gasteiger charge is 2.35. The van der Waals surface area contributed by atoms with Crippen molar-refractivity contribution in [3.63, 3.8) is 0 Å². The van der Waals surface area contributed by atoms with Crippen molar-refractivity contribution >= 4 is 0 Å². The lowest BCUT2D eigenvalue weighted by atomic mass is 10.0. The Kier molecular flexibility index (Phi) is 1.24. The normalized spacial score (nSPS) is 49.7. The van der Waals surface area contributed by atoms with E-state index in [0.717, 1.165) is 37.8 Å². The van der Waals surface area contributed by atoms with Gasteiger partial charge >= 0.3 is 0 Å². The Hall–Kier alpha value is -0.0800. The molecule has 2 fully saturated rings. The molecule has 0 aromatic rings. The van der Waals surface area contributed by atoms with E-state index in [4.69, 9.17) is 0 Å². The molecule has 1 aliphatic heterocycles. The van der Waals surface area contributed by atoms with Crippen molar-refractivity contribution in [3.8, 4) is 0 Å². The van der Waals surface area contributed by atoms with Gasteiger partial charge in [0.2, 0.25) is 0 Å². The summed E-state index contributed by atoms with van der Waals surface area (Å²) in [7, 11) is 0. The fraction of sp³-hybridized carbons (Fsp3) is 1.00. The summed E-state index contributed by atoms with van der Waals surface area (Å²) in [4.78, 5) is 0. The molecule has 0 aromatic carbocycles. The van der Waals surface area contributed by atoms with E-state index in [9.17, 15) is 5.11 Å². The Morgan fingerprint density at radius 2 is 1.67 bits per heavy atom. The Bertz CT molecular complexity index is 103. The number of nitrogens with one attached hydrogen (secondary N) is 1. The highest BCUT2D eigenvalue weighted by molar-refractivity contribution is 4.90.